The molecule has 0 unspecified atom stereocenters. The minimum Gasteiger partial charge on any atom is -0.481 e. The first-order valence-electron chi connectivity index (χ1n) is 8.06. The van der Waals surface area contributed by atoms with Gasteiger partial charge in [-0.25, -0.2) is 0 Å². The summed E-state index contributed by atoms with van der Waals surface area (Å²) in [5.74, 6) is -4.69. The first kappa shape index (κ1) is 30.0. The van der Waals surface area contributed by atoms with Crippen LogP contribution in [0.1, 0.15) is 39.5 Å². The maximum atomic E-state index is 10.1. The summed E-state index contributed by atoms with van der Waals surface area (Å²) >= 11 is 0. The monoisotopic (exact) mass is 410 g/mol. The fourth-order valence-corrected chi connectivity index (χ4v) is 1.31. The van der Waals surface area contributed by atoms with Crippen molar-refractivity contribution >= 4 is 29.8 Å². The standard InChI is InChI=1S/C6H13NO2.C5H10N2O3.C4H7NO4/c1-4(2)3-5(7)6(8)9;6-3(5(9)10)1-2-4(7)8;5-2(4(8)9)1-3(6)7/h4-5H,3,7H2,1-2H3,(H,8,9);3H,1-2,6H2,(H2,7,8)(H,9,10);2H,1,5H2,(H,6,7)(H,8,9)/t5-;3-;2-/m000/s1. The molecule has 0 spiro atoms. The molecule has 0 aromatic carbocycles. The van der Waals surface area contributed by atoms with Crippen molar-refractivity contribution in [2.24, 2.45) is 28.9 Å². The van der Waals surface area contributed by atoms with E-state index in [1.807, 2.05) is 13.8 Å². The SMILES string of the molecule is CC(C)C[C@H](N)C(=O)O.NC(=O)CC[C@H](N)C(=O)O.N[C@@H](CC(=O)O)C(=O)O. The quantitative estimate of drug-likeness (QED) is 0.194. The second kappa shape index (κ2) is 16.4. The summed E-state index contributed by atoms with van der Waals surface area (Å²) in [5.41, 5.74) is 19.9. The van der Waals surface area contributed by atoms with Gasteiger partial charge in [-0.3, -0.25) is 24.0 Å². The first-order valence-corrected chi connectivity index (χ1v) is 8.06. The number of nitrogens with two attached hydrogens (primary N) is 4. The van der Waals surface area contributed by atoms with Crippen molar-refractivity contribution in [1.29, 1.82) is 0 Å². The van der Waals surface area contributed by atoms with Gasteiger partial charge < -0.3 is 43.4 Å². The number of primary amides is 1. The predicted octanol–water partition coefficient (Wildman–Crippen LogP) is -2.02. The molecular weight excluding hydrogens is 380 g/mol. The van der Waals surface area contributed by atoms with Gasteiger partial charge in [-0.15, -0.1) is 0 Å². The van der Waals surface area contributed by atoms with Gasteiger partial charge >= 0.3 is 23.9 Å². The Morgan fingerprint density at radius 3 is 1.32 bits per heavy atom. The van der Waals surface area contributed by atoms with Crippen LogP contribution >= 0.6 is 0 Å². The predicted molar refractivity (Wildman–Crippen MR) is 97.0 cm³/mol. The van der Waals surface area contributed by atoms with E-state index in [2.05, 4.69) is 0 Å². The van der Waals surface area contributed by atoms with E-state index >= 15 is 0 Å². The summed E-state index contributed by atoms with van der Waals surface area (Å²) in [6, 6.07) is -2.96. The molecule has 0 saturated carbocycles. The highest BCUT2D eigenvalue weighted by molar-refractivity contribution is 5.80. The van der Waals surface area contributed by atoms with Crippen molar-refractivity contribution in [2.45, 2.75) is 57.7 Å². The Morgan fingerprint density at radius 1 is 0.750 bits per heavy atom. The molecule has 0 radical (unpaired) electrons. The minimum absolute atomic E-state index is 0.0213. The smallest absolute Gasteiger partial charge is 0.321 e. The van der Waals surface area contributed by atoms with Crippen LogP contribution in [-0.4, -0.2) is 68.3 Å². The number of hydrogen-bond acceptors (Lipinski definition) is 8. The molecular formula is C15H30N4O9. The number of carboxylic acid groups (broad SMARTS) is 4. The van der Waals surface area contributed by atoms with Gasteiger partial charge in [0.2, 0.25) is 5.91 Å². The lowest BCUT2D eigenvalue weighted by Gasteiger charge is -2.07. The van der Waals surface area contributed by atoms with Gasteiger partial charge in [0, 0.05) is 6.42 Å². The van der Waals surface area contributed by atoms with Crippen LogP contribution in [-0.2, 0) is 24.0 Å². The molecule has 0 aromatic rings. The number of carbonyl (C=O) groups is 5. The highest BCUT2D eigenvalue weighted by atomic mass is 16.4. The van der Waals surface area contributed by atoms with E-state index in [1.165, 1.54) is 0 Å². The molecule has 0 heterocycles. The van der Waals surface area contributed by atoms with E-state index in [0.29, 0.717) is 12.3 Å². The van der Waals surface area contributed by atoms with Crippen molar-refractivity contribution in [3.8, 4) is 0 Å². The molecule has 28 heavy (non-hydrogen) atoms. The zero-order chi connectivity index (χ0) is 23.0. The fourth-order valence-electron chi connectivity index (χ4n) is 1.31. The second-order valence-electron chi connectivity index (χ2n) is 6.07. The Morgan fingerprint density at radius 2 is 1.14 bits per heavy atom. The molecule has 0 aliphatic heterocycles. The van der Waals surface area contributed by atoms with E-state index in [9.17, 15) is 24.0 Å². The van der Waals surface area contributed by atoms with Crippen LogP contribution < -0.4 is 22.9 Å². The van der Waals surface area contributed by atoms with Crippen LogP contribution in [0.4, 0.5) is 0 Å². The molecule has 13 heteroatoms. The molecule has 164 valence electrons. The Kier molecular flexibility index (Phi) is 17.6. The van der Waals surface area contributed by atoms with Crippen LogP contribution in [0.5, 0.6) is 0 Å². The molecule has 0 saturated heterocycles. The molecule has 0 aliphatic rings. The van der Waals surface area contributed by atoms with Gasteiger partial charge in [-0.2, -0.15) is 0 Å². The summed E-state index contributed by atoms with van der Waals surface area (Å²) in [5, 5.41) is 32.6. The summed E-state index contributed by atoms with van der Waals surface area (Å²) in [4.78, 5) is 49.9. The minimum atomic E-state index is -1.29. The van der Waals surface area contributed by atoms with E-state index in [-0.39, 0.29) is 12.8 Å². The number of amides is 1. The van der Waals surface area contributed by atoms with Crippen LogP contribution in [0.15, 0.2) is 0 Å². The van der Waals surface area contributed by atoms with E-state index in [4.69, 9.17) is 43.4 Å². The third-order valence-corrected chi connectivity index (χ3v) is 2.77. The molecule has 12 N–H and O–H groups in total. The van der Waals surface area contributed by atoms with Crippen molar-refractivity contribution in [3.63, 3.8) is 0 Å². The van der Waals surface area contributed by atoms with E-state index in [1.54, 1.807) is 0 Å². The van der Waals surface area contributed by atoms with Crippen molar-refractivity contribution < 1.29 is 44.4 Å². The van der Waals surface area contributed by atoms with Crippen molar-refractivity contribution in [1.82, 2.24) is 0 Å². The average Bonchev–Trinajstić information content (AvgIpc) is 2.52. The number of carboxylic acids is 4. The van der Waals surface area contributed by atoms with Gasteiger partial charge in [0.1, 0.15) is 18.1 Å². The Labute approximate surface area is 161 Å². The molecule has 1 amide bonds. The van der Waals surface area contributed by atoms with Crippen molar-refractivity contribution in [2.75, 3.05) is 0 Å². The normalized spacial score (nSPS) is 12.9. The summed E-state index contributed by atoms with van der Waals surface area (Å²) in [6.45, 7) is 3.89. The van der Waals surface area contributed by atoms with Crippen LogP contribution in [0.3, 0.4) is 0 Å². The highest BCUT2D eigenvalue weighted by Gasteiger charge is 2.14. The molecule has 0 fully saturated rings. The van der Waals surface area contributed by atoms with Crippen LogP contribution in [0.2, 0.25) is 0 Å². The topological polar surface area (TPSA) is 270 Å². The number of aliphatic carboxylic acids is 4. The lowest BCUT2D eigenvalue weighted by Crippen LogP contribution is -2.32. The Bertz CT molecular complexity index is 526. The maximum absolute atomic E-state index is 10.1. The molecule has 0 aromatic heterocycles. The lowest BCUT2D eigenvalue weighted by atomic mass is 10.1. The Balaban J connectivity index is -0.000000336. The molecule has 0 aliphatic carbocycles. The van der Waals surface area contributed by atoms with Crippen LogP contribution in [0, 0.1) is 5.92 Å². The van der Waals surface area contributed by atoms with Gasteiger partial charge in [-0.1, -0.05) is 13.8 Å². The van der Waals surface area contributed by atoms with Crippen LogP contribution in [0.25, 0.3) is 0 Å². The lowest BCUT2D eigenvalue weighted by molar-refractivity contribution is -0.144. The van der Waals surface area contributed by atoms with E-state index in [0.717, 1.165) is 0 Å². The molecule has 3 atom stereocenters. The summed E-state index contributed by atoms with van der Waals surface area (Å²) < 4.78 is 0. The molecule has 0 bridgehead atoms. The Hall–Kier alpha value is -2.77. The third kappa shape index (κ3) is 23.2. The third-order valence-electron chi connectivity index (χ3n) is 2.77. The number of carbonyl (C=O) groups excluding carboxylic acids is 1. The second-order valence-corrected chi connectivity index (χ2v) is 6.07. The number of rotatable bonds is 10. The molecule has 13 nitrogen and oxygen atoms in total. The maximum Gasteiger partial charge on any atom is 0.321 e. The van der Waals surface area contributed by atoms with Gasteiger partial charge in [-0.05, 0) is 18.8 Å². The fraction of sp³-hybridized carbons (Fsp3) is 0.667. The molecule has 0 rings (SSSR count). The van der Waals surface area contributed by atoms with E-state index < -0.39 is 54.3 Å². The zero-order valence-corrected chi connectivity index (χ0v) is 15.8. The summed E-state index contributed by atoms with van der Waals surface area (Å²) in [7, 11) is 0. The zero-order valence-electron chi connectivity index (χ0n) is 15.8. The highest BCUT2D eigenvalue weighted by Crippen LogP contribution is 2.01. The summed E-state index contributed by atoms with van der Waals surface area (Å²) in [6.07, 6.45) is 0.142. The largest absolute Gasteiger partial charge is 0.481 e. The van der Waals surface area contributed by atoms with Gasteiger partial charge in [0.05, 0.1) is 6.42 Å². The average molecular weight is 410 g/mol. The first-order chi connectivity index (χ1) is 12.6. The number of hydrogen-bond donors (Lipinski definition) is 8. The van der Waals surface area contributed by atoms with Gasteiger partial charge in [0.15, 0.2) is 0 Å². The van der Waals surface area contributed by atoms with Gasteiger partial charge in [0.25, 0.3) is 0 Å². The van der Waals surface area contributed by atoms with Crippen molar-refractivity contribution in [3.05, 3.63) is 0 Å².